The molecule has 0 radical (unpaired) electrons. The van der Waals surface area contributed by atoms with Crippen molar-refractivity contribution in [2.45, 2.75) is 6.42 Å². The highest BCUT2D eigenvalue weighted by molar-refractivity contribution is 6.30. The molecule has 0 saturated carbocycles. The van der Waals surface area contributed by atoms with E-state index < -0.39 is 0 Å². The average molecular weight is 464 g/mol. The summed E-state index contributed by atoms with van der Waals surface area (Å²) in [7, 11) is 0. The van der Waals surface area contributed by atoms with Crippen molar-refractivity contribution >= 4 is 34.7 Å². The van der Waals surface area contributed by atoms with E-state index >= 15 is 0 Å². The zero-order valence-corrected chi connectivity index (χ0v) is 18.3. The molecule has 166 valence electrons. The van der Waals surface area contributed by atoms with Crippen molar-refractivity contribution in [3.8, 4) is 22.5 Å². The Morgan fingerprint density at radius 3 is 2.61 bits per heavy atom. The van der Waals surface area contributed by atoms with E-state index in [0.717, 1.165) is 33.9 Å². The number of anilines is 2. The van der Waals surface area contributed by atoms with E-state index in [0.29, 0.717) is 49.2 Å². The molecule has 1 fully saturated rings. The molecule has 4 heterocycles. The van der Waals surface area contributed by atoms with Crippen molar-refractivity contribution in [1.29, 1.82) is 0 Å². The lowest BCUT2D eigenvalue weighted by atomic mass is 10.0. The molecule has 0 spiro atoms. The van der Waals surface area contributed by atoms with Gasteiger partial charge in [-0.3, -0.25) is 9.20 Å². The first-order chi connectivity index (χ1) is 16.1. The van der Waals surface area contributed by atoms with Crippen molar-refractivity contribution in [3.63, 3.8) is 0 Å². The van der Waals surface area contributed by atoms with Crippen LogP contribution in [0, 0.1) is 5.82 Å². The molecule has 7 nitrogen and oxygen atoms in total. The van der Waals surface area contributed by atoms with Crippen LogP contribution in [0.25, 0.3) is 28.2 Å². The van der Waals surface area contributed by atoms with E-state index in [-0.39, 0.29) is 11.7 Å². The number of hydrogen-bond donors (Lipinski definition) is 1. The quantitative estimate of drug-likeness (QED) is 0.493. The highest BCUT2D eigenvalue weighted by atomic mass is 35.5. The van der Waals surface area contributed by atoms with Gasteiger partial charge in [0.25, 0.3) is 0 Å². The third-order valence-electron chi connectivity index (χ3n) is 6.02. The number of fused-ring (bicyclic) bond motifs is 2. The van der Waals surface area contributed by atoms with Gasteiger partial charge < -0.3 is 15.0 Å². The largest absolute Gasteiger partial charge is 0.378 e. The number of halogens is 2. The number of aromatic nitrogens is 3. The summed E-state index contributed by atoms with van der Waals surface area (Å²) in [6.07, 6.45) is 1.94. The normalized spacial score (nSPS) is 15.7. The first-order valence-corrected chi connectivity index (χ1v) is 11.0. The lowest BCUT2D eigenvalue weighted by molar-refractivity contribution is -0.115. The second-order valence-corrected chi connectivity index (χ2v) is 8.46. The standard InChI is InChI=1S/C24H19ClFN5O2/c25-19-13-27-23(30-7-9-33-10-8-30)24-29-21(14-1-4-17(26)5-2-14)22(31(19)24)15-3-6-18-16(11-15)12-20(32)28-18/h1-6,11,13H,7-10,12H2,(H,28,32). The van der Waals surface area contributed by atoms with E-state index in [4.69, 9.17) is 21.3 Å². The number of benzene rings is 2. The number of ether oxygens (including phenoxy) is 1. The molecule has 9 heteroatoms. The molecule has 0 unspecified atom stereocenters. The Kier molecular flexibility index (Phi) is 4.78. The van der Waals surface area contributed by atoms with Crippen molar-refractivity contribution in [1.82, 2.24) is 14.4 Å². The Bertz CT molecular complexity index is 1400. The van der Waals surface area contributed by atoms with E-state index in [2.05, 4.69) is 15.2 Å². The number of morpholine rings is 1. The topological polar surface area (TPSA) is 71.8 Å². The summed E-state index contributed by atoms with van der Waals surface area (Å²) in [6.45, 7) is 2.62. The van der Waals surface area contributed by atoms with Crippen LogP contribution in [0.1, 0.15) is 5.56 Å². The van der Waals surface area contributed by atoms with Gasteiger partial charge in [0.2, 0.25) is 5.91 Å². The summed E-state index contributed by atoms with van der Waals surface area (Å²) in [4.78, 5) is 23.6. The maximum atomic E-state index is 13.7. The first-order valence-electron chi connectivity index (χ1n) is 10.7. The zero-order valence-electron chi connectivity index (χ0n) is 17.5. The number of hydrogen-bond acceptors (Lipinski definition) is 5. The second kappa shape index (κ2) is 7.83. The van der Waals surface area contributed by atoms with Crippen molar-refractivity contribution in [2.24, 2.45) is 0 Å². The third-order valence-corrected chi connectivity index (χ3v) is 6.28. The van der Waals surface area contributed by atoms with Gasteiger partial charge in [0, 0.05) is 29.9 Å². The summed E-state index contributed by atoms with van der Waals surface area (Å²) < 4.78 is 21.0. The number of nitrogens with zero attached hydrogens (tertiary/aromatic N) is 4. The molecule has 1 N–H and O–H groups in total. The molecule has 2 aromatic heterocycles. The van der Waals surface area contributed by atoms with Gasteiger partial charge in [-0.2, -0.15) is 0 Å². The summed E-state index contributed by atoms with van der Waals surface area (Å²) in [5.41, 5.74) is 5.39. The van der Waals surface area contributed by atoms with E-state index in [9.17, 15) is 9.18 Å². The lowest BCUT2D eigenvalue weighted by Crippen LogP contribution is -2.37. The van der Waals surface area contributed by atoms with Crippen molar-refractivity contribution < 1.29 is 13.9 Å². The number of imidazole rings is 1. The molecule has 33 heavy (non-hydrogen) atoms. The molecule has 0 atom stereocenters. The summed E-state index contributed by atoms with van der Waals surface area (Å²) in [5, 5.41) is 3.28. The number of carbonyl (C=O) groups excluding carboxylic acids is 1. The van der Waals surface area contributed by atoms with Crippen molar-refractivity contribution in [3.05, 3.63) is 65.2 Å². The summed E-state index contributed by atoms with van der Waals surface area (Å²) in [5.74, 6) is 0.367. The van der Waals surface area contributed by atoms with Crippen LogP contribution >= 0.6 is 11.6 Å². The van der Waals surface area contributed by atoms with Gasteiger partial charge in [0.05, 0.1) is 37.2 Å². The molecule has 2 aromatic carbocycles. The van der Waals surface area contributed by atoms with Crippen LogP contribution in [0.15, 0.2) is 48.7 Å². The Morgan fingerprint density at radius 2 is 1.82 bits per heavy atom. The zero-order chi connectivity index (χ0) is 22.5. The second-order valence-electron chi connectivity index (χ2n) is 8.08. The van der Waals surface area contributed by atoms with Crippen LogP contribution in [-0.4, -0.2) is 46.6 Å². The number of amides is 1. The van der Waals surface area contributed by atoms with Gasteiger partial charge in [0.15, 0.2) is 11.5 Å². The molecule has 0 aliphatic carbocycles. The highest BCUT2D eigenvalue weighted by Crippen LogP contribution is 2.39. The van der Waals surface area contributed by atoms with Crippen molar-refractivity contribution in [2.75, 3.05) is 36.5 Å². The van der Waals surface area contributed by atoms with Crippen LogP contribution < -0.4 is 10.2 Å². The summed E-state index contributed by atoms with van der Waals surface area (Å²) in [6, 6.07) is 12.0. The number of rotatable bonds is 3. The Balaban J connectivity index is 1.62. The average Bonchev–Trinajstić information content (AvgIpc) is 3.40. The predicted molar refractivity (Wildman–Crippen MR) is 124 cm³/mol. The summed E-state index contributed by atoms with van der Waals surface area (Å²) >= 11 is 6.68. The molecule has 1 amide bonds. The monoisotopic (exact) mass is 463 g/mol. The number of nitrogens with one attached hydrogen (secondary N) is 1. The van der Waals surface area contributed by atoms with Gasteiger partial charge in [-0.25, -0.2) is 14.4 Å². The highest BCUT2D eigenvalue weighted by Gasteiger charge is 2.26. The Hall–Kier alpha value is -3.49. The molecule has 2 aliphatic heterocycles. The van der Waals surface area contributed by atoms with Gasteiger partial charge in [-0.05, 0) is 42.0 Å². The van der Waals surface area contributed by atoms with Gasteiger partial charge in [-0.1, -0.05) is 17.7 Å². The maximum Gasteiger partial charge on any atom is 0.228 e. The molecule has 0 bridgehead atoms. The first kappa shape index (κ1) is 20.1. The molecule has 1 saturated heterocycles. The Morgan fingerprint density at radius 1 is 1.06 bits per heavy atom. The van der Waals surface area contributed by atoms with Crippen LogP contribution in [0.5, 0.6) is 0 Å². The fraction of sp³-hybridized carbons (Fsp3) is 0.208. The Labute approximate surface area is 193 Å². The van der Waals surface area contributed by atoms with E-state index in [1.165, 1.54) is 12.1 Å². The fourth-order valence-electron chi connectivity index (χ4n) is 4.46. The van der Waals surface area contributed by atoms with Gasteiger partial charge in [-0.15, -0.1) is 0 Å². The van der Waals surface area contributed by atoms with E-state index in [1.807, 2.05) is 22.6 Å². The minimum atomic E-state index is -0.320. The minimum absolute atomic E-state index is 0.0316. The van der Waals surface area contributed by atoms with Gasteiger partial charge in [0.1, 0.15) is 11.0 Å². The van der Waals surface area contributed by atoms with Crippen LogP contribution in [0.2, 0.25) is 5.15 Å². The van der Waals surface area contributed by atoms with Crippen LogP contribution in [0.4, 0.5) is 15.9 Å². The van der Waals surface area contributed by atoms with Gasteiger partial charge >= 0.3 is 0 Å². The molecule has 6 rings (SSSR count). The predicted octanol–water partition coefficient (Wildman–Crippen LogP) is 4.19. The molecular weight excluding hydrogens is 445 g/mol. The SMILES string of the molecule is O=C1Cc2cc(-c3c(-c4ccc(F)cc4)nc4c(N5CCOCC5)ncc(Cl)n34)ccc2N1. The van der Waals surface area contributed by atoms with Crippen LogP contribution in [0.3, 0.4) is 0 Å². The number of carbonyl (C=O) groups is 1. The smallest absolute Gasteiger partial charge is 0.228 e. The third kappa shape index (κ3) is 3.42. The lowest BCUT2D eigenvalue weighted by Gasteiger charge is -2.28. The fourth-order valence-corrected chi connectivity index (χ4v) is 4.67. The molecule has 2 aliphatic rings. The van der Waals surface area contributed by atoms with E-state index in [1.54, 1.807) is 18.3 Å². The van der Waals surface area contributed by atoms with Crippen LogP contribution in [-0.2, 0) is 16.0 Å². The maximum absolute atomic E-state index is 13.7. The minimum Gasteiger partial charge on any atom is -0.378 e. The molecular formula is C24H19ClFN5O2. The molecule has 4 aromatic rings.